The zero-order valence-corrected chi connectivity index (χ0v) is 20.0. The van der Waals surface area contributed by atoms with Crippen LogP contribution in [-0.4, -0.2) is 48.6 Å². The molecule has 4 aromatic rings. The molecule has 3 aromatic heterocycles. The third-order valence-corrected chi connectivity index (χ3v) is 6.47. The minimum absolute atomic E-state index is 0.0227. The van der Waals surface area contributed by atoms with Crippen LogP contribution in [0.2, 0.25) is 0 Å². The van der Waals surface area contributed by atoms with Crippen molar-refractivity contribution in [1.29, 1.82) is 0 Å². The van der Waals surface area contributed by atoms with Gasteiger partial charge in [0.25, 0.3) is 0 Å². The molecular formula is C21H18Br2N6O3. The molecule has 0 atom stereocenters. The van der Waals surface area contributed by atoms with Crippen LogP contribution in [0.25, 0.3) is 22.6 Å². The van der Waals surface area contributed by atoms with Crippen molar-refractivity contribution in [2.45, 2.75) is 25.3 Å². The second-order valence-electron chi connectivity index (χ2n) is 7.62. The Morgan fingerprint density at radius 1 is 1.16 bits per heavy atom. The molecule has 0 bridgehead atoms. The first-order valence-electron chi connectivity index (χ1n) is 10.1. The molecule has 1 aromatic carbocycles. The van der Waals surface area contributed by atoms with Gasteiger partial charge in [0.2, 0.25) is 17.7 Å². The van der Waals surface area contributed by atoms with Crippen molar-refractivity contribution in [3.8, 4) is 11.5 Å². The van der Waals surface area contributed by atoms with E-state index in [0.717, 1.165) is 20.0 Å². The number of fused-ring (bicyclic) bond motifs is 1. The lowest BCUT2D eigenvalue weighted by atomic mass is 10.0. The van der Waals surface area contributed by atoms with Gasteiger partial charge in [-0.3, -0.25) is 14.3 Å². The van der Waals surface area contributed by atoms with Gasteiger partial charge in [0.1, 0.15) is 6.42 Å². The number of carbonyl (C=O) groups is 1. The molecule has 1 aliphatic heterocycles. The molecule has 1 saturated heterocycles. The predicted octanol–water partition coefficient (Wildman–Crippen LogP) is 3.71. The molecular weight excluding hydrogens is 544 g/mol. The lowest BCUT2D eigenvalue weighted by Gasteiger charge is -2.32. The highest BCUT2D eigenvalue weighted by Crippen LogP contribution is 2.28. The van der Waals surface area contributed by atoms with E-state index in [2.05, 4.69) is 52.0 Å². The average Bonchev–Trinajstić information content (AvgIpc) is 3.36. The number of carbonyl (C=O) groups excluding carboxylic acids is 1. The minimum Gasteiger partial charge on any atom is -0.420 e. The van der Waals surface area contributed by atoms with E-state index in [4.69, 9.17) is 4.42 Å². The Bertz CT molecular complexity index is 1330. The molecule has 9 nitrogen and oxygen atoms in total. The summed E-state index contributed by atoms with van der Waals surface area (Å²) < 4.78 is 9.23. The quantitative estimate of drug-likeness (QED) is 0.407. The number of H-pyrrole nitrogens is 1. The first-order chi connectivity index (χ1) is 15.5. The summed E-state index contributed by atoms with van der Waals surface area (Å²) in [5, 5.41) is 8.11. The van der Waals surface area contributed by atoms with Gasteiger partial charge in [-0.2, -0.15) is 0 Å². The summed E-state index contributed by atoms with van der Waals surface area (Å²) in [5.41, 5.74) is 1.97. The summed E-state index contributed by atoms with van der Waals surface area (Å²) in [6.45, 7) is 1.12. The normalized spacial score (nSPS) is 14.9. The molecule has 0 radical (unpaired) electrons. The zero-order chi connectivity index (χ0) is 22.2. The van der Waals surface area contributed by atoms with E-state index in [1.165, 1.54) is 0 Å². The number of benzene rings is 1. The van der Waals surface area contributed by atoms with Crippen LogP contribution in [0.3, 0.4) is 0 Å². The largest absolute Gasteiger partial charge is 0.420 e. The number of rotatable bonds is 4. The average molecular weight is 562 g/mol. The number of piperidine rings is 1. The molecule has 0 unspecified atom stereocenters. The van der Waals surface area contributed by atoms with Crippen molar-refractivity contribution < 1.29 is 9.21 Å². The maximum Gasteiger partial charge on any atom is 0.327 e. The summed E-state index contributed by atoms with van der Waals surface area (Å²) in [7, 11) is 0. The van der Waals surface area contributed by atoms with Gasteiger partial charge < -0.3 is 9.32 Å². The Morgan fingerprint density at radius 3 is 2.66 bits per heavy atom. The van der Waals surface area contributed by atoms with E-state index in [1.807, 2.05) is 30.3 Å². The Hall–Kier alpha value is -2.79. The van der Waals surface area contributed by atoms with E-state index in [1.54, 1.807) is 15.7 Å². The van der Waals surface area contributed by atoms with Gasteiger partial charge in [0, 0.05) is 39.8 Å². The molecule has 5 rings (SSSR count). The molecule has 164 valence electrons. The van der Waals surface area contributed by atoms with Crippen molar-refractivity contribution in [3.63, 3.8) is 0 Å². The number of halogens is 2. The monoisotopic (exact) mass is 560 g/mol. The fourth-order valence-electron chi connectivity index (χ4n) is 4.05. The molecule has 4 heterocycles. The Kier molecular flexibility index (Phi) is 5.68. The van der Waals surface area contributed by atoms with Crippen LogP contribution in [-0.2, 0) is 11.2 Å². The number of aromatic amines is 1. The fourth-order valence-corrected chi connectivity index (χ4v) is 5.35. The van der Waals surface area contributed by atoms with Crippen LogP contribution in [0.1, 0.15) is 24.8 Å². The highest BCUT2D eigenvalue weighted by atomic mass is 79.9. The molecule has 0 spiro atoms. The lowest BCUT2D eigenvalue weighted by molar-refractivity contribution is -0.132. The predicted molar refractivity (Wildman–Crippen MR) is 124 cm³/mol. The number of nitrogens with one attached hydrogen (secondary N) is 1. The van der Waals surface area contributed by atoms with E-state index in [0.29, 0.717) is 37.5 Å². The van der Waals surface area contributed by atoms with Crippen molar-refractivity contribution >= 4 is 48.9 Å². The molecule has 1 fully saturated rings. The van der Waals surface area contributed by atoms with Gasteiger partial charge in [-0.1, -0.05) is 31.9 Å². The molecule has 0 saturated carbocycles. The number of imidazole rings is 1. The summed E-state index contributed by atoms with van der Waals surface area (Å²) in [6.07, 6.45) is 3.08. The molecule has 1 aliphatic rings. The Labute approximate surface area is 199 Å². The van der Waals surface area contributed by atoms with Crippen LogP contribution < -0.4 is 5.69 Å². The number of nitrogens with zero attached hydrogens (tertiary/aromatic N) is 5. The van der Waals surface area contributed by atoms with Gasteiger partial charge in [0.15, 0.2) is 5.65 Å². The third kappa shape index (κ3) is 4.14. The Balaban J connectivity index is 1.24. The van der Waals surface area contributed by atoms with Crippen LogP contribution in [0, 0.1) is 0 Å². The fraction of sp³-hybridized carbons (Fsp3) is 0.286. The van der Waals surface area contributed by atoms with Gasteiger partial charge in [0.05, 0.1) is 5.52 Å². The molecule has 1 amide bonds. The number of hydrogen-bond donors (Lipinski definition) is 1. The molecule has 0 aliphatic carbocycles. The summed E-state index contributed by atoms with van der Waals surface area (Å²) >= 11 is 6.88. The molecule has 1 N–H and O–H groups in total. The van der Waals surface area contributed by atoms with Crippen molar-refractivity contribution in [1.82, 2.24) is 29.6 Å². The van der Waals surface area contributed by atoms with Crippen molar-refractivity contribution in [2.24, 2.45) is 0 Å². The summed E-state index contributed by atoms with van der Waals surface area (Å²) in [5.74, 6) is 0.574. The van der Waals surface area contributed by atoms with E-state index in [-0.39, 0.29) is 30.0 Å². The van der Waals surface area contributed by atoms with E-state index < -0.39 is 0 Å². The van der Waals surface area contributed by atoms with Crippen LogP contribution >= 0.6 is 31.9 Å². The molecule has 32 heavy (non-hydrogen) atoms. The zero-order valence-electron chi connectivity index (χ0n) is 16.8. The van der Waals surface area contributed by atoms with Gasteiger partial charge in [-0.05, 0) is 43.2 Å². The maximum atomic E-state index is 12.8. The van der Waals surface area contributed by atoms with Gasteiger partial charge in [-0.15, -0.1) is 10.2 Å². The summed E-state index contributed by atoms with van der Waals surface area (Å²) in [4.78, 5) is 34.0. The third-order valence-electron chi connectivity index (χ3n) is 5.55. The number of amides is 1. The highest BCUT2D eigenvalue weighted by Gasteiger charge is 2.27. The first-order valence-corrected chi connectivity index (χ1v) is 11.7. The second kappa shape index (κ2) is 8.62. The minimum atomic E-state index is -0.166. The highest BCUT2D eigenvalue weighted by molar-refractivity contribution is 9.11. The lowest BCUT2D eigenvalue weighted by Crippen LogP contribution is -2.41. The van der Waals surface area contributed by atoms with Gasteiger partial charge >= 0.3 is 5.69 Å². The van der Waals surface area contributed by atoms with Crippen LogP contribution in [0.5, 0.6) is 0 Å². The number of pyridine rings is 1. The molecule has 11 heteroatoms. The topological polar surface area (TPSA) is 110 Å². The second-order valence-corrected chi connectivity index (χ2v) is 9.45. The Morgan fingerprint density at radius 2 is 1.91 bits per heavy atom. The number of likely N-dealkylation sites (tertiary alicyclic amines) is 1. The smallest absolute Gasteiger partial charge is 0.327 e. The standard InChI is InChI=1S/C21H18Br2N6O3/c22-13-8-12(9-14(23)10-13)20-27-26-17(32-20)11-18(30)28-6-3-15(4-7-28)29-16-2-1-5-24-19(16)25-21(29)31/h1-2,5,8-10,15H,3-4,6-7,11H2,(H,24,25,31). The first kappa shape index (κ1) is 21.1. The number of aromatic nitrogens is 5. The van der Waals surface area contributed by atoms with Crippen molar-refractivity contribution in [3.05, 3.63) is 61.8 Å². The number of hydrogen-bond acceptors (Lipinski definition) is 6. The summed E-state index contributed by atoms with van der Waals surface area (Å²) in [6, 6.07) is 9.38. The van der Waals surface area contributed by atoms with E-state index in [9.17, 15) is 9.59 Å². The van der Waals surface area contributed by atoms with Gasteiger partial charge in [-0.25, -0.2) is 9.78 Å². The van der Waals surface area contributed by atoms with Crippen molar-refractivity contribution in [2.75, 3.05) is 13.1 Å². The van der Waals surface area contributed by atoms with Crippen LogP contribution in [0.4, 0.5) is 0 Å². The van der Waals surface area contributed by atoms with Crippen LogP contribution in [0.15, 0.2) is 54.7 Å². The SMILES string of the molecule is O=C(Cc1nnc(-c2cc(Br)cc(Br)c2)o1)N1CCC(n2c(=O)[nH]c3ncccc32)CC1. The van der Waals surface area contributed by atoms with E-state index >= 15 is 0 Å². The maximum absolute atomic E-state index is 12.8.